The summed E-state index contributed by atoms with van der Waals surface area (Å²) in [5.41, 5.74) is 2.96. The van der Waals surface area contributed by atoms with Crippen LogP contribution in [-0.4, -0.2) is 12.5 Å². The van der Waals surface area contributed by atoms with E-state index >= 15 is 0 Å². The summed E-state index contributed by atoms with van der Waals surface area (Å²) in [6.07, 6.45) is 0.370. The number of amides is 1. The van der Waals surface area contributed by atoms with E-state index < -0.39 is 0 Å². The normalized spacial score (nSPS) is 10.4. The molecule has 0 aliphatic heterocycles. The van der Waals surface area contributed by atoms with Gasteiger partial charge in [-0.05, 0) is 35.9 Å². The molecule has 0 unspecified atom stereocenters. The molecule has 2 aromatic carbocycles. The molecule has 0 spiro atoms. The maximum Gasteiger partial charge on any atom is 0.228 e. The largest absolute Gasteiger partial charge is 0.325 e. The number of carbonyl (C=O) groups is 1. The van der Waals surface area contributed by atoms with Gasteiger partial charge in [0.1, 0.15) is 0 Å². The summed E-state index contributed by atoms with van der Waals surface area (Å²) in [4.78, 5) is 12.2. The van der Waals surface area contributed by atoms with E-state index in [1.54, 1.807) is 0 Å². The molecular weight excluding hydrogens is 328 g/mol. The van der Waals surface area contributed by atoms with Gasteiger partial charge in [-0.1, -0.05) is 53.2 Å². The molecule has 4 heteroatoms. The average molecular weight is 347 g/mol. The number of hydrogen-bond acceptors (Lipinski definition) is 2. The Balaban J connectivity index is 2.02. The van der Waals surface area contributed by atoms with Crippen molar-refractivity contribution in [2.45, 2.75) is 19.9 Å². The third kappa shape index (κ3) is 4.99. The zero-order chi connectivity index (χ0) is 15.1. The molecule has 2 N–H and O–H groups in total. The van der Waals surface area contributed by atoms with Crippen LogP contribution in [0.25, 0.3) is 0 Å². The summed E-state index contributed by atoms with van der Waals surface area (Å²) < 4.78 is 0.986. The van der Waals surface area contributed by atoms with E-state index in [9.17, 15) is 4.79 Å². The van der Waals surface area contributed by atoms with Gasteiger partial charge in [0.15, 0.2) is 0 Å². The molecular formula is C17H19BrN2O. The van der Waals surface area contributed by atoms with Crippen molar-refractivity contribution in [2.75, 3.05) is 11.9 Å². The number of benzene rings is 2. The highest BCUT2D eigenvalue weighted by Gasteiger charge is 2.07. The van der Waals surface area contributed by atoms with Gasteiger partial charge in [-0.3, -0.25) is 4.79 Å². The van der Waals surface area contributed by atoms with E-state index in [0.29, 0.717) is 6.42 Å². The monoisotopic (exact) mass is 346 g/mol. The Labute approximate surface area is 133 Å². The topological polar surface area (TPSA) is 41.1 Å². The zero-order valence-corrected chi connectivity index (χ0v) is 13.6. The van der Waals surface area contributed by atoms with Crippen molar-refractivity contribution >= 4 is 27.5 Å². The molecule has 0 atom stereocenters. The van der Waals surface area contributed by atoms with Crippen LogP contribution in [0, 0.1) is 0 Å². The van der Waals surface area contributed by atoms with Crippen LogP contribution in [0.4, 0.5) is 5.69 Å². The molecule has 0 fully saturated rings. The predicted octanol–water partition coefficient (Wildman–Crippen LogP) is 3.74. The third-order valence-corrected chi connectivity index (χ3v) is 3.60. The molecule has 0 aromatic heterocycles. The minimum atomic E-state index is -0.00273. The van der Waals surface area contributed by atoms with Crippen LogP contribution < -0.4 is 10.6 Å². The molecule has 0 saturated carbocycles. The van der Waals surface area contributed by atoms with Crippen molar-refractivity contribution in [3.63, 3.8) is 0 Å². The average Bonchev–Trinajstić information content (AvgIpc) is 2.46. The maximum absolute atomic E-state index is 12.2. The van der Waals surface area contributed by atoms with Gasteiger partial charge in [0.2, 0.25) is 5.91 Å². The smallest absolute Gasteiger partial charge is 0.228 e. The van der Waals surface area contributed by atoms with Gasteiger partial charge in [0.05, 0.1) is 6.42 Å². The summed E-state index contributed by atoms with van der Waals surface area (Å²) in [6, 6.07) is 15.7. The van der Waals surface area contributed by atoms with Crippen molar-refractivity contribution < 1.29 is 4.79 Å². The minimum Gasteiger partial charge on any atom is -0.325 e. The van der Waals surface area contributed by atoms with Crippen molar-refractivity contribution in [3.05, 3.63) is 64.1 Å². The first kappa shape index (κ1) is 15.7. The summed E-state index contributed by atoms with van der Waals surface area (Å²) in [5.74, 6) is -0.00273. The second kappa shape index (κ2) is 7.96. The maximum atomic E-state index is 12.2. The first-order chi connectivity index (χ1) is 10.2. The van der Waals surface area contributed by atoms with Crippen LogP contribution in [0.5, 0.6) is 0 Å². The van der Waals surface area contributed by atoms with E-state index in [2.05, 4.69) is 33.5 Å². The van der Waals surface area contributed by atoms with E-state index in [-0.39, 0.29) is 5.91 Å². The lowest BCUT2D eigenvalue weighted by Crippen LogP contribution is -2.18. The molecule has 0 aliphatic rings. The Morgan fingerprint density at radius 2 is 1.95 bits per heavy atom. The molecule has 0 saturated heterocycles. The molecule has 0 aliphatic carbocycles. The van der Waals surface area contributed by atoms with Gasteiger partial charge in [-0.15, -0.1) is 0 Å². The summed E-state index contributed by atoms with van der Waals surface area (Å²) in [7, 11) is 0. The van der Waals surface area contributed by atoms with Gasteiger partial charge < -0.3 is 10.6 Å². The molecule has 0 radical (unpaired) electrons. The molecule has 1 amide bonds. The van der Waals surface area contributed by atoms with Gasteiger partial charge >= 0.3 is 0 Å². The number of rotatable bonds is 6. The van der Waals surface area contributed by atoms with Crippen molar-refractivity contribution in [3.8, 4) is 0 Å². The lowest BCUT2D eigenvalue weighted by atomic mass is 10.1. The first-order valence-electron chi connectivity index (χ1n) is 7.02. The van der Waals surface area contributed by atoms with Crippen LogP contribution >= 0.6 is 15.9 Å². The van der Waals surface area contributed by atoms with Crippen LogP contribution in [-0.2, 0) is 17.8 Å². The third-order valence-electron chi connectivity index (χ3n) is 3.11. The molecule has 0 bridgehead atoms. The number of carbonyl (C=O) groups excluding carboxylic acids is 1. The SMILES string of the molecule is CCNCc1ccccc1NC(=O)Cc1cccc(Br)c1. The fraction of sp³-hybridized carbons (Fsp3) is 0.235. The van der Waals surface area contributed by atoms with Crippen molar-refractivity contribution in [1.29, 1.82) is 0 Å². The van der Waals surface area contributed by atoms with E-state index in [1.165, 1.54) is 0 Å². The van der Waals surface area contributed by atoms with Crippen molar-refractivity contribution in [1.82, 2.24) is 5.32 Å². The summed E-state index contributed by atoms with van der Waals surface area (Å²) >= 11 is 3.42. The quantitative estimate of drug-likeness (QED) is 0.836. The van der Waals surface area contributed by atoms with Crippen LogP contribution in [0.15, 0.2) is 53.0 Å². The second-order valence-electron chi connectivity index (χ2n) is 4.79. The van der Waals surface area contributed by atoms with Gasteiger partial charge in [0.25, 0.3) is 0 Å². The minimum absolute atomic E-state index is 0.00273. The highest BCUT2D eigenvalue weighted by molar-refractivity contribution is 9.10. The molecule has 21 heavy (non-hydrogen) atoms. The Morgan fingerprint density at radius 3 is 2.71 bits per heavy atom. The van der Waals surface area contributed by atoms with Crippen molar-refractivity contribution in [2.24, 2.45) is 0 Å². The van der Waals surface area contributed by atoms with Gasteiger partial charge in [0, 0.05) is 16.7 Å². The second-order valence-corrected chi connectivity index (χ2v) is 5.71. The number of halogens is 1. The molecule has 0 heterocycles. The Bertz CT molecular complexity index is 613. The zero-order valence-electron chi connectivity index (χ0n) is 12.0. The van der Waals surface area contributed by atoms with Gasteiger partial charge in [-0.25, -0.2) is 0 Å². The number of para-hydroxylation sites is 1. The summed E-state index contributed by atoms with van der Waals surface area (Å²) in [5, 5.41) is 6.27. The Kier molecular flexibility index (Phi) is 5.96. The number of anilines is 1. The van der Waals surface area contributed by atoms with Gasteiger partial charge in [-0.2, -0.15) is 0 Å². The lowest BCUT2D eigenvalue weighted by Gasteiger charge is -2.11. The molecule has 3 nitrogen and oxygen atoms in total. The van der Waals surface area contributed by atoms with E-state index in [1.807, 2.05) is 48.5 Å². The Hall–Kier alpha value is -1.65. The fourth-order valence-corrected chi connectivity index (χ4v) is 2.53. The highest BCUT2D eigenvalue weighted by Crippen LogP contribution is 2.16. The lowest BCUT2D eigenvalue weighted by molar-refractivity contribution is -0.115. The van der Waals surface area contributed by atoms with Crippen LogP contribution in [0.1, 0.15) is 18.1 Å². The van der Waals surface area contributed by atoms with Crippen LogP contribution in [0.3, 0.4) is 0 Å². The summed E-state index contributed by atoms with van der Waals surface area (Å²) in [6.45, 7) is 3.72. The number of hydrogen-bond donors (Lipinski definition) is 2. The fourth-order valence-electron chi connectivity index (χ4n) is 2.08. The standard InChI is InChI=1S/C17H19BrN2O/c1-2-19-12-14-7-3-4-9-16(14)20-17(21)11-13-6-5-8-15(18)10-13/h3-10,19H,2,11-12H2,1H3,(H,20,21). The Morgan fingerprint density at radius 1 is 1.14 bits per heavy atom. The number of nitrogens with one attached hydrogen (secondary N) is 2. The predicted molar refractivity (Wildman–Crippen MR) is 90.3 cm³/mol. The first-order valence-corrected chi connectivity index (χ1v) is 7.81. The molecule has 2 aromatic rings. The van der Waals surface area contributed by atoms with E-state index in [0.717, 1.165) is 34.4 Å². The highest BCUT2D eigenvalue weighted by atomic mass is 79.9. The van der Waals surface area contributed by atoms with E-state index in [4.69, 9.17) is 0 Å². The van der Waals surface area contributed by atoms with Crippen LogP contribution in [0.2, 0.25) is 0 Å². The molecule has 2 rings (SSSR count). The molecule has 110 valence electrons.